The van der Waals surface area contributed by atoms with Gasteiger partial charge in [-0.1, -0.05) is 28.1 Å². The molecule has 24 heavy (non-hydrogen) atoms. The van der Waals surface area contributed by atoms with Crippen molar-refractivity contribution in [2.75, 3.05) is 22.9 Å². The van der Waals surface area contributed by atoms with E-state index in [2.05, 4.69) is 36.5 Å². The molecule has 122 valence electrons. The van der Waals surface area contributed by atoms with Gasteiger partial charge in [-0.15, -0.1) is 0 Å². The number of fused-ring (bicyclic) bond motifs is 1. The molecule has 7 heteroatoms. The van der Waals surface area contributed by atoms with Crippen LogP contribution in [0, 0.1) is 6.92 Å². The van der Waals surface area contributed by atoms with Crippen molar-refractivity contribution in [3.8, 4) is 0 Å². The lowest BCUT2D eigenvalue weighted by atomic mass is 10.2. The molecule has 0 saturated heterocycles. The first kappa shape index (κ1) is 16.2. The molecule has 0 radical (unpaired) electrons. The van der Waals surface area contributed by atoms with Gasteiger partial charge >= 0.3 is 0 Å². The third-order valence-electron chi connectivity index (χ3n) is 3.50. The first-order valence-corrected chi connectivity index (χ1v) is 8.14. The quantitative estimate of drug-likeness (QED) is 0.640. The number of nitrogens with two attached hydrogens (primary N) is 1. The minimum Gasteiger partial charge on any atom is -0.383 e. The van der Waals surface area contributed by atoms with Crippen LogP contribution in [0.3, 0.4) is 0 Å². The molecule has 1 amide bonds. The molecule has 0 spiro atoms. The minimum absolute atomic E-state index is 0.0489. The van der Waals surface area contributed by atoms with E-state index in [0.717, 1.165) is 26.6 Å². The molecule has 0 aliphatic carbocycles. The van der Waals surface area contributed by atoms with E-state index in [1.165, 1.54) is 0 Å². The largest absolute Gasteiger partial charge is 0.383 e. The van der Waals surface area contributed by atoms with Crippen molar-refractivity contribution in [2.45, 2.75) is 6.92 Å². The van der Waals surface area contributed by atoms with Crippen LogP contribution in [0.4, 0.5) is 17.5 Å². The topological polar surface area (TPSA) is 92.9 Å². The van der Waals surface area contributed by atoms with Gasteiger partial charge in [0.25, 0.3) is 0 Å². The number of hydrogen-bond donors (Lipinski definition) is 3. The molecule has 0 atom stereocenters. The zero-order valence-corrected chi connectivity index (χ0v) is 14.6. The second-order valence-corrected chi connectivity index (χ2v) is 6.23. The number of anilines is 3. The monoisotopic (exact) mass is 385 g/mol. The molecule has 0 aliphatic heterocycles. The average molecular weight is 386 g/mol. The van der Waals surface area contributed by atoms with Gasteiger partial charge in [-0.3, -0.25) is 4.79 Å². The summed E-state index contributed by atoms with van der Waals surface area (Å²) in [5.74, 6) is 0.525. The highest BCUT2D eigenvalue weighted by Gasteiger charge is 2.08. The smallest absolute Gasteiger partial charge is 0.243 e. The Morgan fingerprint density at radius 1 is 1.21 bits per heavy atom. The number of nitrogens with zero attached hydrogens (tertiary/aromatic N) is 2. The van der Waals surface area contributed by atoms with Gasteiger partial charge in [0.15, 0.2) is 0 Å². The van der Waals surface area contributed by atoms with E-state index >= 15 is 0 Å². The Kier molecular flexibility index (Phi) is 4.61. The molecule has 0 saturated carbocycles. The fourth-order valence-electron chi connectivity index (χ4n) is 2.30. The number of benzene rings is 2. The van der Waals surface area contributed by atoms with Gasteiger partial charge in [-0.2, -0.15) is 4.98 Å². The van der Waals surface area contributed by atoms with E-state index in [0.29, 0.717) is 11.8 Å². The van der Waals surface area contributed by atoms with Crippen LogP contribution >= 0.6 is 15.9 Å². The van der Waals surface area contributed by atoms with Gasteiger partial charge in [0.1, 0.15) is 5.82 Å². The highest BCUT2D eigenvalue weighted by atomic mass is 79.9. The van der Waals surface area contributed by atoms with Crippen molar-refractivity contribution in [1.29, 1.82) is 0 Å². The maximum absolute atomic E-state index is 12.1. The SMILES string of the molecule is Cc1cc(Br)ccc1NC(=O)CNc1nc(N)c2ccccc2n1. The molecule has 6 nitrogen and oxygen atoms in total. The zero-order chi connectivity index (χ0) is 17.1. The molecule has 0 unspecified atom stereocenters. The summed E-state index contributed by atoms with van der Waals surface area (Å²) >= 11 is 3.40. The third-order valence-corrected chi connectivity index (χ3v) is 4.00. The lowest BCUT2D eigenvalue weighted by Gasteiger charge is -2.10. The van der Waals surface area contributed by atoms with Crippen molar-refractivity contribution in [2.24, 2.45) is 0 Å². The number of aryl methyl sites for hydroxylation is 1. The molecule has 0 aliphatic rings. The minimum atomic E-state index is -0.184. The van der Waals surface area contributed by atoms with Crippen LogP contribution in [0.15, 0.2) is 46.9 Å². The van der Waals surface area contributed by atoms with Crippen LogP contribution in [-0.4, -0.2) is 22.4 Å². The highest BCUT2D eigenvalue weighted by Crippen LogP contribution is 2.20. The van der Waals surface area contributed by atoms with E-state index in [1.54, 1.807) is 0 Å². The summed E-state index contributed by atoms with van der Waals surface area (Å²) in [5, 5.41) is 6.55. The number of nitrogen functional groups attached to an aromatic ring is 1. The first-order valence-electron chi connectivity index (χ1n) is 7.35. The highest BCUT2D eigenvalue weighted by molar-refractivity contribution is 9.10. The molecular weight excluding hydrogens is 370 g/mol. The van der Waals surface area contributed by atoms with Gasteiger partial charge in [-0.25, -0.2) is 4.98 Å². The summed E-state index contributed by atoms with van der Waals surface area (Å²) in [6.45, 7) is 1.98. The molecule has 3 aromatic rings. The summed E-state index contributed by atoms with van der Waals surface area (Å²) < 4.78 is 0.969. The van der Waals surface area contributed by atoms with Gasteiger partial charge in [0.05, 0.1) is 12.1 Å². The van der Waals surface area contributed by atoms with Crippen LogP contribution in [-0.2, 0) is 4.79 Å². The Hall–Kier alpha value is -2.67. The average Bonchev–Trinajstić information content (AvgIpc) is 2.56. The van der Waals surface area contributed by atoms with Crippen LogP contribution < -0.4 is 16.4 Å². The summed E-state index contributed by atoms with van der Waals surface area (Å²) in [6.07, 6.45) is 0. The molecule has 4 N–H and O–H groups in total. The van der Waals surface area contributed by atoms with E-state index < -0.39 is 0 Å². The van der Waals surface area contributed by atoms with Crippen molar-refractivity contribution < 1.29 is 4.79 Å². The Morgan fingerprint density at radius 3 is 2.79 bits per heavy atom. The number of rotatable bonds is 4. The number of carbonyl (C=O) groups is 1. The lowest BCUT2D eigenvalue weighted by molar-refractivity contribution is -0.114. The van der Waals surface area contributed by atoms with E-state index in [4.69, 9.17) is 5.73 Å². The molecule has 2 aromatic carbocycles. The molecule has 0 bridgehead atoms. The third kappa shape index (κ3) is 3.62. The Morgan fingerprint density at radius 2 is 2.00 bits per heavy atom. The fourth-order valence-corrected chi connectivity index (χ4v) is 2.78. The van der Waals surface area contributed by atoms with Crippen LogP contribution in [0.2, 0.25) is 0 Å². The normalized spacial score (nSPS) is 10.6. The zero-order valence-electron chi connectivity index (χ0n) is 13.0. The van der Waals surface area contributed by atoms with Crippen molar-refractivity contribution in [3.63, 3.8) is 0 Å². The maximum Gasteiger partial charge on any atom is 0.243 e. The molecule has 1 aromatic heterocycles. The summed E-state index contributed by atoms with van der Waals surface area (Å²) in [5.41, 5.74) is 8.40. The van der Waals surface area contributed by atoms with Crippen LogP contribution in [0.1, 0.15) is 5.56 Å². The molecule has 3 rings (SSSR count). The number of carbonyl (C=O) groups excluding carboxylic acids is 1. The Bertz CT molecular complexity index is 913. The fraction of sp³-hybridized carbons (Fsp3) is 0.118. The van der Waals surface area contributed by atoms with Crippen molar-refractivity contribution >= 4 is 50.2 Å². The van der Waals surface area contributed by atoms with Crippen LogP contribution in [0.5, 0.6) is 0 Å². The van der Waals surface area contributed by atoms with Crippen molar-refractivity contribution in [3.05, 3.63) is 52.5 Å². The summed E-state index contributed by atoms with van der Waals surface area (Å²) in [6, 6.07) is 13.1. The van der Waals surface area contributed by atoms with Gasteiger partial charge in [0, 0.05) is 15.5 Å². The second-order valence-electron chi connectivity index (χ2n) is 5.31. The van der Waals surface area contributed by atoms with Crippen LogP contribution in [0.25, 0.3) is 10.9 Å². The second kappa shape index (κ2) is 6.84. The Balaban J connectivity index is 1.68. The summed E-state index contributed by atoms with van der Waals surface area (Å²) in [7, 11) is 0. The van der Waals surface area contributed by atoms with Gasteiger partial charge < -0.3 is 16.4 Å². The number of para-hydroxylation sites is 1. The first-order chi connectivity index (χ1) is 11.5. The lowest BCUT2D eigenvalue weighted by Crippen LogP contribution is -2.23. The number of halogens is 1. The predicted molar refractivity (Wildman–Crippen MR) is 99.9 cm³/mol. The number of amides is 1. The van der Waals surface area contributed by atoms with Gasteiger partial charge in [0.2, 0.25) is 11.9 Å². The molecular formula is C17H16BrN5O. The molecule has 1 heterocycles. The number of aromatic nitrogens is 2. The van der Waals surface area contributed by atoms with E-state index in [9.17, 15) is 4.79 Å². The van der Waals surface area contributed by atoms with Crippen molar-refractivity contribution in [1.82, 2.24) is 9.97 Å². The number of nitrogens with one attached hydrogen (secondary N) is 2. The molecule has 0 fully saturated rings. The van der Waals surface area contributed by atoms with E-state index in [-0.39, 0.29) is 12.5 Å². The maximum atomic E-state index is 12.1. The standard InChI is InChI=1S/C17H16BrN5O/c1-10-8-11(18)6-7-13(10)21-15(24)9-20-17-22-14-5-3-2-4-12(14)16(19)23-17/h2-8H,9H2,1H3,(H,21,24)(H3,19,20,22,23). The van der Waals surface area contributed by atoms with Gasteiger partial charge in [-0.05, 0) is 42.8 Å². The number of hydrogen-bond acceptors (Lipinski definition) is 5. The Labute approximate surface area is 147 Å². The summed E-state index contributed by atoms with van der Waals surface area (Å²) in [4.78, 5) is 20.6. The predicted octanol–water partition coefficient (Wildman–Crippen LogP) is 3.33. The van der Waals surface area contributed by atoms with E-state index in [1.807, 2.05) is 49.4 Å².